The summed E-state index contributed by atoms with van der Waals surface area (Å²) in [5, 5.41) is 6.40. The van der Waals surface area contributed by atoms with Gasteiger partial charge in [-0.1, -0.05) is 15.9 Å². The summed E-state index contributed by atoms with van der Waals surface area (Å²) in [6, 6.07) is 7.74. The number of nitrogens with one attached hydrogen (secondary N) is 2. The van der Waals surface area contributed by atoms with Crippen molar-refractivity contribution in [3.63, 3.8) is 0 Å². The number of rotatable bonds is 3. The summed E-state index contributed by atoms with van der Waals surface area (Å²) in [6.45, 7) is 0. The molecular weight excluding hydrogens is 370 g/mol. The average molecular weight is 384 g/mol. The van der Waals surface area contributed by atoms with E-state index in [1.54, 1.807) is 24.3 Å². The molecule has 0 bridgehead atoms. The maximum Gasteiger partial charge on any atom is 0.264 e. The first-order valence-corrected chi connectivity index (χ1v) is 9.07. The minimum absolute atomic E-state index is 0.227. The van der Waals surface area contributed by atoms with E-state index < -0.39 is 10.0 Å². The smallest absolute Gasteiger partial charge is 0.264 e. The number of H-pyrrole nitrogens is 1. The van der Waals surface area contributed by atoms with E-state index in [2.05, 4.69) is 30.8 Å². The summed E-state index contributed by atoms with van der Waals surface area (Å²) in [7, 11) is -3.57. The van der Waals surface area contributed by atoms with Crippen molar-refractivity contribution in [2.24, 2.45) is 0 Å². The van der Waals surface area contributed by atoms with E-state index in [0.717, 1.165) is 15.7 Å². The molecule has 0 aliphatic heterocycles. The van der Waals surface area contributed by atoms with E-state index >= 15 is 0 Å². The Labute approximate surface area is 136 Å². The number of hydrogen-bond acceptors (Lipinski definition) is 4. The fourth-order valence-corrected chi connectivity index (χ4v) is 4.08. The third-order valence-electron chi connectivity index (χ3n) is 3.62. The molecule has 0 radical (unpaired) electrons. The molecule has 1 atom stereocenters. The summed E-state index contributed by atoms with van der Waals surface area (Å²) >= 11 is 3.28. The zero-order valence-corrected chi connectivity index (χ0v) is 13.9. The second kappa shape index (κ2) is 5.94. The molecule has 0 spiro atoms. The van der Waals surface area contributed by atoms with Gasteiger partial charge in [0.15, 0.2) is 0 Å². The van der Waals surface area contributed by atoms with Gasteiger partial charge in [0.25, 0.3) is 5.56 Å². The number of hydrogen-bond donors (Lipinski definition) is 2. The highest BCUT2D eigenvalue weighted by Gasteiger charge is 2.25. The molecule has 0 amide bonds. The normalized spacial score (nSPS) is 18.0. The van der Waals surface area contributed by atoms with Gasteiger partial charge in [0.2, 0.25) is 10.0 Å². The fraction of sp³-hybridized carbons (Fsp3) is 0.286. The number of fused-ring (bicyclic) bond motifs is 1. The van der Waals surface area contributed by atoms with Crippen LogP contribution in [0.25, 0.3) is 0 Å². The Kier molecular flexibility index (Phi) is 4.16. The van der Waals surface area contributed by atoms with E-state index in [9.17, 15) is 13.2 Å². The van der Waals surface area contributed by atoms with E-state index in [4.69, 9.17) is 0 Å². The van der Waals surface area contributed by atoms with Crippen molar-refractivity contribution in [1.29, 1.82) is 0 Å². The van der Waals surface area contributed by atoms with Crippen molar-refractivity contribution >= 4 is 26.0 Å². The van der Waals surface area contributed by atoms with Gasteiger partial charge in [-0.3, -0.25) is 4.79 Å². The van der Waals surface area contributed by atoms with Gasteiger partial charge in [-0.25, -0.2) is 18.2 Å². The van der Waals surface area contributed by atoms with E-state index in [1.807, 2.05) is 0 Å². The Bertz CT molecular complexity index is 846. The van der Waals surface area contributed by atoms with Crippen LogP contribution in [-0.4, -0.2) is 24.7 Å². The summed E-state index contributed by atoms with van der Waals surface area (Å²) in [6.07, 6.45) is 1.77. The van der Waals surface area contributed by atoms with Crippen molar-refractivity contribution < 1.29 is 8.42 Å². The first-order valence-electron chi connectivity index (χ1n) is 6.79. The van der Waals surface area contributed by atoms with Gasteiger partial charge in [-0.2, -0.15) is 5.10 Å². The van der Waals surface area contributed by atoms with Gasteiger partial charge < -0.3 is 0 Å². The molecule has 1 aromatic carbocycles. The van der Waals surface area contributed by atoms with E-state index in [0.29, 0.717) is 19.3 Å². The number of sulfonamides is 1. The number of aryl methyl sites for hydroxylation is 1. The number of benzene rings is 1. The van der Waals surface area contributed by atoms with Crippen LogP contribution in [0.3, 0.4) is 0 Å². The molecule has 6 nitrogen and oxygen atoms in total. The monoisotopic (exact) mass is 383 g/mol. The topological polar surface area (TPSA) is 91.9 Å². The predicted octanol–water partition coefficient (Wildman–Crippen LogP) is 1.37. The van der Waals surface area contributed by atoms with Gasteiger partial charge in [-0.15, -0.1) is 0 Å². The largest absolute Gasteiger partial charge is 0.268 e. The Balaban J connectivity index is 1.79. The molecule has 1 aliphatic rings. The molecule has 8 heteroatoms. The van der Waals surface area contributed by atoms with Crippen LogP contribution in [0.15, 0.2) is 44.5 Å². The Hall–Kier alpha value is -1.51. The molecule has 1 heterocycles. The highest BCUT2D eigenvalue weighted by molar-refractivity contribution is 9.10. The van der Waals surface area contributed by atoms with Crippen LogP contribution in [0.2, 0.25) is 0 Å². The van der Waals surface area contributed by atoms with Crippen LogP contribution in [0.5, 0.6) is 0 Å². The lowest BCUT2D eigenvalue weighted by atomic mass is 9.93. The zero-order valence-electron chi connectivity index (χ0n) is 11.5. The number of aromatic amines is 1. The summed E-state index contributed by atoms with van der Waals surface area (Å²) in [5.41, 5.74) is 1.37. The molecule has 1 aliphatic carbocycles. The fourth-order valence-electron chi connectivity index (χ4n) is 2.54. The lowest BCUT2D eigenvalue weighted by molar-refractivity contribution is 0.499. The highest BCUT2D eigenvalue weighted by Crippen LogP contribution is 2.20. The van der Waals surface area contributed by atoms with Crippen LogP contribution in [0, 0.1) is 0 Å². The van der Waals surface area contributed by atoms with Crippen molar-refractivity contribution in [2.75, 3.05) is 0 Å². The molecule has 2 N–H and O–H groups in total. The summed E-state index contributed by atoms with van der Waals surface area (Å²) in [5.74, 6) is 0. The summed E-state index contributed by atoms with van der Waals surface area (Å²) in [4.78, 5) is 11.6. The molecule has 1 unspecified atom stereocenters. The molecule has 3 rings (SSSR count). The van der Waals surface area contributed by atoms with Gasteiger partial charge in [0.1, 0.15) is 0 Å². The third-order valence-corrected chi connectivity index (χ3v) is 5.68. The molecule has 0 saturated carbocycles. The van der Waals surface area contributed by atoms with Gasteiger partial charge >= 0.3 is 0 Å². The lowest BCUT2D eigenvalue weighted by Gasteiger charge is -2.24. The first-order chi connectivity index (χ1) is 10.4. The van der Waals surface area contributed by atoms with Gasteiger partial charge in [-0.05, 0) is 49.1 Å². The maximum atomic E-state index is 12.4. The average Bonchev–Trinajstić information content (AvgIpc) is 2.47. The van der Waals surface area contributed by atoms with Crippen LogP contribution in [-0.2, 0) is 22.9 Å². The molecule has 116 valence electrons. The van der Waals surface area contributed by atoms with Crippen LogP contribution < -0.4 is 10.3 Å². The number of aromatic nitrogens is 2. The number of nitrogens with zero attached hydrogens (tertiary/aromatic N) is 1. The minimum Gasteiger partial charge on any atom is -0.268 e. The van der Waals surface area contributed by atoms with Gasteiger partial charge in [0.05, 0.1) is 10.6 Å². The van der Waals surface area contributed by atoms with Crippen molar-refractivity contribution in [1.82, 2.24) is 14.9 Å². The highest BCUT2D eigenvalue weighted by atomic mass is 79.9. The van der Waals surface area contributed by atoms with Crippen LogP contribution >= 0.6 is 15.9 Å². The van der Waals surface area contributed by atoms with E-state index in [1.165, 1.54) is 6.07 Å². The Morgan fingerprint density at radius 3 is 2.73 bits per heavy atom. The SMILES string of the molecule is O=c1cc2c(n[nH]1)CCC(NS(=O)(=O)c1ccc(Br)cc1)C2. The molecule has 1 aromatic heterocycles. The molecule has 0 saturated heterocycles. The standard InChI is InChI=1S/C14H14BrN3O3S/c15-10-1-4-12(5-2-10)22(20,21)18-11-3-6-13-9(7-11)8-14(19)17-16-13/h1-2,4-5,8,11,18H,3,6-7H2,(H,17,19). The third kappa shape index (κ3) is 3.29. The van der Waals surface area contributed by atoms with Crippen LogP contribution in [0.4, 0.5) is 0 Å². The zero-order chi connectivity index (χ0) is 15.7. The lowest BCUT2D eigenvalue weighted by Crippen LogP contribution is -2.39. The van der Waals surface area contributed by atoms with E-state index in [-0.39, 0.29) is 16.5 Å². The van der Waals surface area contributed by atoms with Gasteiger partial charge in [0, 0.05) is 16.6 Å². The predicted molar refractivity (Wildman–Crippen MR) is 85.1 cm³/mol. The van der Waals surface area contributed by atoms with Crippen molar-refractivity contribution in [3.8, 4) is 0 Å². The minimum atomic E-state index is -3.57. The number of halogens is 1. The second-order valence-electron chi connectivity index (χ2n) is 5.22. The molecule has 22 heavy (non-hydrogen) atoms. The quantitative estimate of drug-likeness (QED) is 0.836. The molecule has 0 fully saturated rings. The Morgan fingerprint density at radius 1 is 1.27 bits per heavy atom. The first kappa shape index (κ1) is 15.4. The summed E-state index contributed by atoms with van der Waals surface area (Å²) < 4.78 is 28.3. The molecule has 2 aromatic rings. The maximum absolute atomic E-state index is 12.4. The van der Waals surface area contributed by atoms with Crippen molar-refractivity contribution in [2.45, 2.75) is 30.2 Å². The van der Waals surface area contributed by atoms with Crippen molar-refractivity contribution in [3.05, 3.63) is 56.4 Å². The molecular formula is C14H14BrN3O3S. The Morgan fingerprint density at radius 2 is 2.00 bits per heavy atom. The van der Waals surface area contributed by atoms with Crippen LogP contribution in [0.1, 0.15) is 17.7 Å². The second-order valence-corrected chi connectivity index (χ2v) is 7.85.